The van der Waals surface area contributed by atoms with Gasteiger partial charge >= 0.3 is 5.97 Å². The molecule has 0 radical (unpaired) electrons. The fraction of sp³-hybridized carbons (Fsp3) is 0.133. The molecule has 0 aliphatic carbocycles. The first-order valence-corrected chi connectivity index (χ1v) is 6.23. The van der Waals surface area contributed by atoms with Crippen molar-refractivity contribution in [2.75, 3.05) is 0 Å². The molecule has 1 unspecified atom stereocenters. The Kier molecular flexibility index (Phi) is 3.16. The molecule has 6 heteroatoms. The van der Waals surface area contributed by atoms with E-state index < -0.39 is 12.1 Å². The number of fused-ring (bicyclic) bond motifs is 1. The number of rotatable bonds is 3. The van der Waals surface area contributed by atoms with Gasteiger partial charge < -0.3 is 14.6 Å². The number of ether oxygens (including phenoxy) is 2. The van der Waals surface area contributed by atoms with E-state index in [1.807, 2.05) is 6.07 Å². The summed E-state index contributed by atoms with van der Waals surface area (Å²) in [7, 11) is 0. The maximum absolute atomic E-state index is 10.9. The summed E-state index contributed by atoms with van der Waals surface area (Å²) in [6, 6.07) is 10.3. The fourth-order valence-corrected chi connectivity index (χ4v) is 2.09. The molecule has 1 aromatic carbocycles. The first-order chi connectivity index (χ1) is 10.2. The van der Waals surface area contributed by atoms with E-state index in [4.69, 9.17) is 19.8 Å². The molecule has 1 aliphatic rings. The van der Waals surface area contributed by atoms with Crippen LogP contribution in [-0.4, -0.2) is 22.2 Å². The van der Waals surface area contributed by atoms with Gasteiger partial charge in [0.1, 0.15) is 17.6 Å². The molecular weight excluding hydrogens is 272 g/mol. The van der Waals surface area contributed by atoms with Crippen molar-refractivity contribution in [3.8, 4) is 23.3 Å². The van der Waals surface area contributed by atoms with E-state index in [9.17, 15) is 4.79 Å². The van der Waals surface area contributed by atoms with E-state index in [1.54, 1.807) is 30.3 Å². The summed E-state index contributed by atoms with van der Waals surface area (Å²) in [5.74, 6) is 0.298. The van der Waals surface area contributed by atoms with Gasteiger partial charge in [-0.15, -0.1) is 0 Å². The predicted molar refractivity (Wildman–Crippen MR) is 71.2 cm³/mol. The minimum atomic E-state index is -0.993. The summed E-state index contributed by atoms with van der Waals surface area (Å²) >= 11 is 0. The van der Waals surface area contributed by atoms with Crippen LogP contribution in [0.25, 0.3) is 0 Å². The van der Waals surface area contributed by atoms with Crippen molar-refractivity contribution >= 4 is 5.97 Å². The minimum Gasteiger partial charge on any atom is -0.478 e. The number of nitrogens with zero attached hydrogens (tertiary/aromatic N) is 2. The first-order valence-electron chi connectivity index (χ1n) is 6.23. The van der Waals surface area contributed by atoms with Crippen molar-refractivity contribution in [2.45, 2.75) is 12.5 Å². The Morgan fingerprint density at radius 1 is 1.48 bits per heavy atom. The van der Waals surface area contributed by atoms with E-state index in [-0.39, 0.29) is 5.69 Å². The number of hydrogen-bond donors (Lipinski definition) is 1. The highest BCUT2D eigenvalue weighted by Gasteiger charge is 2.29. The summed E-state index contributed by atoms with van der Waals surface area (Å²) in [5.41, 5.74) is 1.00. The molecule has 1 aliphatic heterocycles. The topological polar surface area (TPSA) is 92.4 Å². The van der Waals surface area contributed by atoms with Crippen molar-refractivity contribution < 1.29 is 19.4 Å². The van der Waals surface area contributed by atoms with Crippen LogP contribution in [0.1, 0.15) is 11.3 Å². The zero-order valence-electron chi connectivity index (χ0n) is 10.8. The lowest BCUT2D eigenvalue weighted by atomic mass is 10.1. The standard InChI is InChI=1S/C15H10N2O4/c16-8-11-12(2-1-5-17-11)20-10-4-3-9-6-14(15(18)19)21-13(9)7-10/h1-5,7,14H,6H2,(H,18,19). The molecule has 0 saturated carbocycles. The average Bonchev–Trinajstić information content (AvgIpc) is 2.91. The lowest BCUT2D eigenvalue weighted by Gasteiger charge is -2.08. The van der Waals surface area contributed by atoms with E-state index in [0.717, 1.165) is 5.56 Å². The molecule has 1 atom stereocenters. The molecule has 0 saturated heterocycles. The molecule has 0 amide bonds. The number of benzene rings is 1. The van der Waals surface area contributed by atoms with Gasteiger partial charge in [0.2, 0.25) is 0 Å². The van der Waals surface area contributed by atoms with Crippen molar-refractivity contribution in [2.24, 2.45) is 0 Å². The number of pyridine rings is 1. The second kappa shape index (κ2) is 5.13. The zero-order chi connectivity index (χ0) is 14.8. The molecule has 21 heavy (non-hydrogen) atoms. The Morgan fingerprint density at radius 3 is 3.10 bits per heavy atom. The highest BCUT2D eigenvalue weighted by molar-refractivity contribution is 5.74. The molecule has 1 N–H and O–H groups in total. The van der Waals surface area contributed by atoms with E-state index in [1.165, 1.54) is 6.20 Å². The van der Waals surface area contributed by atoms with E-state index >= 15 is 0 Å². The Bertz CT molecular complexity index is 752. The summed E-state index contributed by atoms with van der Waals surface area (Å²) in [5, 5.41) is 17.9. The van der Waals surface area contributed by atoms with Crippen LogP contribution < -0.4 is 9.47 Å². The number of aliphatic carboxylic acids is 1. The SMILES string of the molecule is N#Cc1ncccc1Oc1ccc2c(c1)OC(C(=O)O)C2. The van der Waals surface area contributed by atoms with Gasteiger partial charge in [-0.2, -0.15) is 5.26 Å². The third-order valence-corrected chi connectivity index (χ3v) is 3.09. The molecule has 1 aromatic heterocycles. The van der Waals surface area contributed by atoms with Crippen molar-refractivity contribution in [3.63, 3.8) is 0 Å². The molecule has 6 nitrogen and oxygen atoms in total. The normalized spacial score (nSPS) is 15.7. The Morgan fingerprint density at radius 2 is 2.33 bits per heavy atom. The highest BCUT2D eigenvalue weighted by Crippen LogP contribution is 2.34. The number of carboxylic acids is 1. The maximum atomic E-state index is 10.9. The summed E-state index contributed by atoms with van der Waals surface area (Å²) < 4.78 is 11.0. The van der Waals surface area contributed by atoms with Crippen LogP contribution in [0.15, 0.2) is 36.5 Å². The van der Waals surface area contributed by atoms with Crippen LogP contribution in [0.3, 0.4) is 0 Å². The van der Waals surface area contributed by atoms with Gasteiger partial charge in [0.15, 0.2) is 17.5 Å². The summed E-state index contributed by atoms with van der Waals surface area (Å²) in [4.78, 5) is 14.8. The number of hydrogen-bond acceptors (Lipinski definition) is 5. The molecule has 0 fully saturated rings. The third-order valence-electron chi connectivity index (χ3n) is 3.09. The van der Waals surface area contributed by atoms with Crippen LogP contribution >= 0.6 is 0 Å². The fourth-order valence-electron chi connectivity index (χ4n) is 2.09. The lowest BCUT2D eigenvalue weighted by molar-refractivity contribution is -0.144. The smallest absolute Gasteiger partial charge is 0.345 e. The average molecular weight is 282 g/mol. The third kappa shape index (κ3) is 2.49. The van der Waals surface area contributed by atoms with Crippen LogP contribution in [0, 0.1) is 11.3 Å². The molecule has 104 valence electrons. The molecule has 2 heterocycles. The van der Waals surface area contributed by atoms with Crippen LogP contribution in [0.2, 0.25) is 0 Å². The Hall–Kier alpha value is -3.07. The largest absolute Gasteiger partial charge is 0.478 e. The van der Waals surface area contributed by atoms with Gasteiger partial charge in [0.25, 0.3) is 0 Å². The molecule has 3 rings (SSSR count). The van der Waals surface area contributed by atoms with Gasteiger partial charge in [-0.05, 0) is 23.8 Å². The number of nitriles is 1. The van der Waals surface area contributed by atoms with E-state index in [2.05, 4.69) is 4.98 Å². The molecule has 2 aromatic rings. The summed E-state index contributed by atoms with van der Waals surface area (Å²) in [6.07, 6.45) is 0.985. The van der Waals surface area contributed by atoms with E-state index in [0.29, 0.717) is 23.7 Å². The maximum Gasteiger partial charge on any atom is 0.345 e. The second-order valence-electron chi connectivity index (χ2n) is 4.48. The highest BCUT2D eigenvalue weighted by atomic mass is 16.5. The predicted octanol–water partition coefficient (Wildman–Crippen LogP) is 2.13. The van der Waals surface area contributed by atoms with Crippen molar-refractivity contribution in [1.29, 1.82) is 5.26 Å². The van der Waals surface area contributed by atoms with Crippen molar-refractivity contribution in [3.05, 3.63) is 47.8 Å². The van der Waals surface area contributed by atoms with Crippen molar-refractivity contribution in [1.82, 2.24) is 4.98 Å². The summed E-state index contributed by atoms with van der Waals surface area (Å²) in [6.45, 7) is 0. The van der Waals surface area contributed by atoms with Crippen LogP contribution in [-0.2, 0) is 11.2 Å². The van der Waals surface area contributed by atoms with Gasteiger partial charge in [0.05, 0.1) is 0 Å². The Balaban J connectivity index is 1.85. The molecular formula is C15H10N2O4. The van der Waals surface area contributed by atoms with Gasteiger partial charge in [0, 0.05) is 18.7 Å². The van der Waals surface area contributed by atoms with Gasteiger partial charge in [-0.1, -0.05) is 6.07 Å². The minimum absolute atomic E-state index is 0.183. The van der Waals surface area contributed by atoms with Gasteiger partial charge in [-0.25, -0.2) is 9.78 Å². The monoisotopic (exact) mass is 282 g/mol. The Labute approximate surface area is 120 Å². The lowest BCUT2D eigenvalue weighted by Crippen LogP contribution is -2.24. The van der Waals surface area contributed by atoms with Crippen LogP contribution in [0.5, 0.6) is 17.2 Å². The zero-order valence-corrected chi connectivity index (χ0v) is 10.8. The van der Waals surface area contributed by atoms with Crippen LogP contribution in [0.4, 0.5) is 0 Å². The first kappa shape index (κ1) is 12.9. The molecule has 0 bridgehead atoms. The number of carboxylic acid groups (broad SMARTS) is 1. The number of aromatic nitrogens is 1. The second-order valence-corrected chi connectivity index (χ2v) is 4.48. The molecule has 0 spiro atoms. The quantitative estimate of drug-likeness (QED) is 0.927. The number of carbonyl (C=O) groups is 1. The van der Waals surface area contributed by atoms with Gasteiger partial charge in [-0.3, -0.25) is 0 Å².